The third-order valence-corrected chi connectivity index (χ3v) is 9.31. The molecule has 0 aromatic heterocycles. The number of rotatable bonds is 3. The molecule has 0 N–H and O–H groups in total. The summed E-state index contributed by atoms with van der Waals surface area (Å²) in [6.45, 7) is 4.49. The van der Waals surface area contributed by atoms with Gasteiger partial charge in [0.05, 0.1) is 0 Å². The maximum absolute atomic E-state index is 2.44. The van der Waals surface area contributed by atoms with Crippen molar-refractivity contribution in [2.75, 3.05) is 0 Å². The maximum Gasteiger partial charge on any atom is -1.00 e. The molecule has 1 atom stereocenters. The Balaban J connectivity index is 0.00000161. The summed E-state index contributed by atoms with van der Waals surface area (Å²) >= 11 is 1.46. The first kappa shape index (κ1) is 28.6. The third-order valence-electron chi connectivity index (χ3n) is 8.03. The Bertz CT molecular complexity index is 1950. The molecule has 193 valence electrons. The molecule has 0 saturated heterocycles. The van der Waals surface area contributed by atoms with E-state index in [9.17, 15) is 0 Å². The molecule has 2 aliphatic rings. The SMILES string of the molecule is Cc1cc(C)c2c(c1)C=CC2c1c2c(ccc1=C(c1ccccc1)c1ccccc1)=c1ccccc1=[C]2[Zr+2].[Cl-].[Cl-]. The molecule has 7 rings (SSSR count). The van der Waals surface area contributed by atoms with Crippen LogP contribution in [-0.4, -0.2) is 0 Å². The summed E-state index contributed by atoms with van der Waals surface area (Å²) in [6, 6.07) is 40.2. The van der Waals surface area contributed by atoms with Gasteiger partial charge in [-0.2, -0.15) is 0 Å². The van der Waals surface area contributed by atoms with Gasteiger partial charge in [-0.25, -0.2) is 0 Å². The second-order valence-corrected chi connectivity index (χ2v) is 11.6. The zero-order valence-corrected chi connectivity index (χ0v) is 26.4. The van der Waals surface area contributed by atoms with E-state index in [0.29, 0.717) is 0 Å². The summed E-state index contributed by atoms with van der Waals surface area (Å²) in [5, 5.41) is 5.46. The average molecular weight is 634 g/mol. The zero-order valence-electron chi connectivity index (χ0n) is 22.4. The second-order valence-electron chi connectivity index (χ2n) is 10.4. The molecule has 0 nitrogen and oxygen atoms in total. The van der Waals surface area contributed by atoms with Gasteiger partial charge in [0, 0.05) is 0 Å². The topological polar surface area (TPSA) is 0 Å². The molecule has 0 radical (unpaired) electrons. The first-order valence-electron chi connectivity index (χ1n) is 13.2. The summed E-state index contributed by atoms with van der Waals surface area (Å²) in [4.78, 5) is 0. The van der Waals surface area contributed by atoms with Crippen molar-refractivity contribution >= 4 is 14.9 Å². The molecule has 0 heterocycles. The molecule has 1 unspecified atom stereocenters. The molecule has 0 fully saturated rings. The van der Waals surface area contributed by atoms with E-state index in [1.54, 1.807) is 0 Å². The minimum atomic E-state index is 0. The molecule has 2 aliphatic carbocycles. The van der Waals surface area contributed by atoms with Gasteiger partial charge in [-0.3, -0.25) is 0 Å². The Kier molecular flexibility index (Phi) is 8.21. The molecule has 40 heavy (non-hydrogen) atoms. The van der Waals surface area contributed by atoms with E-state index in [-0.39, 0.29) is 30.7 Å². The fourth-order valence-electron chi connectivity index (χ4n) is 6.52. The van der Waals surface area contributed by atoms with Crippen molar-refractivity contribution in [1.82, 2.24) is 0 Å². The molecular formula is C37H27Cl2Zr. The van der Waals surface area contributed by atoms with Crippen LogP contribution in [0, 0.1) is 24.3 Å². The summed E-state index contributed by atoms with van der Waals surface area (Å²) in [5.41, 5.74) is 12.2. The van der Waals surface area contributed by atoms with Gasteiger partial charge < -0.3 is 24.8 Å². The van der Waals surface area contributed by atoms with Crippen LogP contribution in [-0.2, 0) is 24.7 Å². The quantitative estimate of drug-likeness (QED) is 0.279. The number of halogens is 2. The van der Waals surface area contributed by atoms with Crippen molar-refractivity contribution in [3.05, 3.63) is 181 Å². The Morgan fingerprint density at radius 3 is 1.88 bits per heavy atom. The molecule has 0 spiro atoms. The predicted octanol–water partition coefficient (Wildman–Crippen LogP) is 1.02. The van der Waals surface area contributed by atoms with Crippen LogP contribution in [0.5, 0.6) is 0 Å². The molecular weight excluding hydrogens is 607 g/mol. The van der Waals surface area contributed by atoms with Gasteiger partial charge in [0.2, 0.25) is 0 Å². The number of fused-ring (bicyclic) bond motifs is 3. The van der Waals surface area contributed by atoms with Crippen LogP contribution < -0.4 is 35.3 Å². The van der Waals surface area contributed by atoms with Crippen LogP contribution in [0.25, 0.3) is 14.9 Å². The van der Waals surface area contributed by atoms with Crippen molar-refractivity contribution < 1.29 is 49.5 Å². The van der Waals surface area contributed by atoms with Crippen LogP contribution in [0.15, 0.2) is 115 Å². The Labute approximate surface area is 263 Å². The molecule has 0 saturated carbocycles. The van der Waals surface area contributed by atoms with Gasteiger partial charge in [0.1, 0.15) is 0 Å². The average Bonchev–Trinajstić information content (AvgIpc) is 3.49. The van der Waals surface area contributed by atoms with Gasteiger partial charge in [-0.1, -0.05) is 0 Å². The standard InChI is InChI=1S/C37H27.2ClH.Zr/c1-24-21-25(2)35-29(22-24)17-18-32(35)37-33(20-19-31-30-16-10-9-15-28(30)23-34(31)37)36(26-11-5-3-6-12-26)27-13-7-4-8-14-27;;;/h3-22,32H,1-2H3;2*1H;/q;;;+2/p-2. The molecule has 0 amide bonds. The van der Waals surface area contributed by atoms with Gasteiger partial charge in [0.15, 0.2) is 0 Å². The van der Waals surface area contributed by atoms with Crippen molar-refractivity contribution in [2.24, 2.45) is 0 Å². The van der Waals surface area contributed by atoms with E-state index >= 15 is 0 Å². The Morgan fingerprint density at radius 1 is 0.625 bits per heavy atom. The van der Waals surface area contributed by atoms with Crippen molar-refractivity contribution in [3.8, 4) is 0 Å². The van der Waals surface area contributed by atoms with Crippen LogP contribution in [0.3, 0.4) is 0 Å². The molecule has 5 aromatic carbocycles. The fourth-order valence-corrected chi connectivity index (χ4v) is 7.72. The van der Waals surface area contributed by atoms with Gasteiger partial charge in [-0.05, 0) is 0 Å². The minimum Gasteiger partial charge on any atom is -1.00 e. The van der Waals surface area contributed by atoms with Crippen LogP contribution in [0.1, 0.15) is 50.4 Å². The zero-order chi connectivity index (χ0) is 25.8. The number of hydrogen-bond donors (Lipinski definition) is 0. The normalized spacial score (nSPS) is 14.1. The van der Waals surface area contributed by atoms with E-state index in [1.165, 1.54) is 99.0 Å². The number of aryl methyl sites for hydroxylation is 2. The summed E-state index contributed by atoms with van der Waals surface area (Å²) in [6.07, 6.45) is 4.79. The monoisotopic (exact) mass is 631 g/mol. The number of benzene rings is 5. The van der Waals surface area contributed by atoms with Crippen LogP contribution in [0.2, 0.25) is 0 Å². The van der Waals surface area contributed by atoms with Crippen LogP contribution >= 0.6 is 0 Å². The molecule has 5 aromatic rings. The van der Waals surface area contributed by atoms with Crippen molar-refractivity contribution in [2.45, 2.75) is 19.8 Å². The van der Waals surface area contributed by atoms with E-state index in [4.69, 9.17) is 0 Å². The fraction of sp³-hybridized carbons (Fsp3) is 0.0811. The predicted molar refractivity (Wildman–Crippen MR) is 154 cm³/mol. The van der Waals surface area contributed by atoms with Gasteiger partial charge in [-0.15, -0.1) is 0 Å². The Hall–Kier alpha value is -2.96. The number of hydrogen-bond acceptors (Lipinski definition) is 0. The van der Waals surface area contributed by atoms with E-state index in [1.807, 2.05) is 0 Å². The molecule has 3 heteroatoms. The van der Waals surface area contributed by atoms with E-state index < -0.39 is 0 Å². The first-order valence-corrected chi connectivity index (χ1v) is 14.5. The van der Waals surface area contributed by atoms with Crippen LogP contribution in [0.4, 0.5) is 0 Å². The van der Waals surface area contributed by atoms with Gasteiger partial charge in [0.25, 0.3) is 0 Å². The second kappa shape index (κ2) is 11.5. The van der Waals surface area contributed by atoms with Crippen molar-refractivity contribution in [1.29, 1.82) is 0 Å². The first-order chi connectivity index (χ1) is 18.6. The van der Waals surface area contributed by atoms with E-state index in [0.717, 1.165) is 0 Å². The Morgan fingerprint density at radius 2 is 1.23 bits per heavy atom. The molecule has 0 bridgehead atoms. The minimum absolute atomic E-state index is 0. The largest absolute Gasteiger partial charge is 1.00 e. The smallest absolute Gasteiger partial charge is 1.00 e. The summed E-state index contributed by atoms with van der Waals surface area (Å²) < 4.78 is 1.46. The summed E-state index contributed by atoms with van der Waals surface area (Å²) in [5.74, 6) is 0.211. The van der Waals surface area contributed by atoms with E-state index in [2.05, 4.69) is 135 Å². The summed E-state index contributed by atoms with van der Waals surface area (Å²) in [7, 11) is 0. The molecule has 0 aliphatic heterocycles. The third kappa shape index (κ3) is 4.59. The van der Waals surface area contributed by atoms with Gasteiger partial charge >= 0.3 is 240 Å². The maximum atomic E-state index is 2.44. The number of allylic oxidation sites excluding steroid dienone is 1. The van der Waals surface area contributed by atoms with Crippen molar-refractivity contribution in [3.63, 3.8) is 0 Å².